The maximum absolute atomic E-state index is 12.5. The molecule has 2 aromatic carbocycles. The first-order chi connectivity index (χ1) is 13.0. The number of amides is 2. The molecule has 1 fully saturated rings. The van der Waals surface area contributed by atoms with Crippen LogP contribution in [-0.4, -0.2) is 29.9 Å². The summed E-state index contributed by atoms with van der Waals surface area (Å²) in [6, 6.07) is 12.9. The summed E-state index contributed by atoms with van der Waals surface area (Å²) in [5.41, 5.74) is 0.854. The number of nitro groups is 1. The third-order valence-electron chi connectivity index (χ3n) is 4.28. The molecule has 8 nitrogen and oxygen atoms in total. The van der Waals surface area contributed by atoms with Gasteiger partial charge in [-0.1, -0.05) is 18.2 Å². The molecule has 27 heavy (non-hydrogen) atoms. The Bertz CT molecular complexity index is 883. The molecule has 1 N–H and O–H groups in total. The minimum Gasteiger partial charge on any atom is -0.492 e. The first-order valence-corrected chi connectivity index (χ1v) is 8.57. The zero-order chi connectivity index (χ0) is 19.4. The van der Waals surface area contributed by atoms with Crippen LogP contribution in [0.4, 0.5) is 17.1 Å². The van der Waals surface area contributed by atoms with Gasteiger partial charge in [0.05, 0.1) is 23.1 Å². The highest BCUT2D eigenvalue weighted by molar-refractivity contribution is 6.04. The van der Waals surface area contributed by atoms with E-state index in [0.29, 0.717) is 23.7 Å². The molecule has 0 bridgehead atoms. The molecule has 2 amide bonds. The molecule has 1 atom stereocenters. The van der Waals surface area contributed by atoms with Crippen molar-refractivity contribution in [3.05, 3.63) is 58.6 Å². The summed E-state index contributed by atoms with van der Waals surface area (Å²) in [6.45, 7) is 2.55. The number of benzene rings is 2. The minimum absolute atomic E-state index is 0.0707. The number of carbonyl (C=O) groups is 2. The van der Waals surface area contributed by atoms with Crippen LogP contribution < -0.4 is 15.0 Å². The van der Waals surface area contributed by atoms with Gasteiger partial charge in [-0.2, -0.15) is 0 Å². The van der Waals surface area contributed by atoms with E-state index < -0.39 is 10.8 Å². The SMILES string of the molecule is CCOc1ccccc1N1C[C@@H](C(=O)Nc2cccc([N+](=O)[O-])c2)CC1=O. The molecule has 1 heterocycles. The van der Waals surface area contributed by atoms with Crippen LogP contribution in [0.25, 0.3) is 0 Å². The van der Waals surface area contributed by atoms with E-state index in [0.717, 1.165) is 0 Å². The summed E-state index contributed by atoms with van der Waals surface area (Å²) < 4.78 is 5.57. The lowest BCUT2D eigenvalue weighted by Gasteiger charge is -2.20. The summed E-state index contributed by atoms with van der Waals surface area (Å²) >= 11 is 0. The van der Waals surface area contributed by atoms with Crippen molar-refractivity contribution in [3.8, 4) is 5.75 Å². The number of ether oxygens (including phenoxy) is 1. The zero-order valence-electron chi connectivity index (χ0n) is 14.8. The second-order valence-electron chi connectivity index (χ2n) is 6.10. The number of para-hydroxylation sites is 2. The topological polar surface area (TPSA) is 102 Å². The maximum atomic E-state index is 12.5. The first kappa shape index (κ1) is 18.4. The smallest absolute Gasteiger partial charge is 0.271 e. The van der Waals surface area contributed by atoms with Crippen LogP contribution in [0.3, 0.4) is 0 Å². The van der Waals surface area contributed by atoms with Crippen LogP contribution in [0.1, 0.15) is 13.3 Å². The van der Waals surface area contributed by atoms with Crippen LogP contribution in [0, 0.1) is 16.0 Å². The lowest BCUT2D eigenvalue weighted by molar-refractivity contribution is -0.384. The van der Waals surface area contributed by atoms with Crippen molar-refractivity contribution in [1.29, 1.82) is 0 Å². The number of carbonyl (C=O) groups excluding carboxylic acids is 2. The summed E-state index contributed by atoms with van der Waals surface area (Å²) in [5, 5.41) is 13.5. The zero-order valence-corrected chi connectivity index (χ0v) is 14.8. The summed E-state index contributed by atoms with van der Waals surface area (Å²) in [5.74, 6) is -0.471. The van der Waals surface area contributed by atoms with Crippen molar-refractivity contribution in [1.82, 2.24) is 0 Å². The monoisotopic (exact) mass is 369 g/mol. The normalized spacial score (nSPS) is 16.3. The van der Waals surface area contributed by atoms with Gasteiger partial charge in [-0.05, 0) is 25.1 Å². The number of hydrogen-bond acceptors (Lipinski definition) is 5. The van der Waals surface area contributed by atoms with E-state index in [1.165, 1.54) is 18.2 Å². The average Bonchev–Trinajstić information content (AvgIpc) is 3.04. The third-order valence-corrected chi connectivity index (χ3v) is 4.28. The van der Waals surface area contributed by atoms with Gasteiger partial charge in [0, 0.05) is 30.8 Å². The fourth-order valence-electron chi connectivity index (χ4n) is 3.02. The van der Waals surface area contributed by atoms with Gasteiger partial charge in [0.2, 0.25) is 11.8 Å². The van der Waals surface area contributed by atoms with Gasteiger partial charge >= 0.3 is 0 Å². The molecular weight excluding hydrogens is 350 g/mol. The molecule has 2 aromatic rings. The molecule has 0 aliphatic carbocycles. The van der Waals surface area contributed by atoms with E-state index >= 15 is 0 Å². The molecule has 8 heteroatoms. The van der Waals surface area contributed by atoms with Crippen molar-refractivity contribution in [3.63, 3.8) is 0 Å². The van der Waals surface area contributed by atoms with Crippen LogP contribution in [0.2, 0.25) is 0 Å². The molecule has 0 unspecified atom stereocenters. The number of nitro benzene ring substituents is 1. The molecule has 140 valence electrons. The molecular formula is C19H19N3O5. The molecule has 0 saturated carbocycles. The number of nitrogens with one attached hydrogen (secondary N) is 1. The van der Waals surface area contributed by atoms with Gasteiger partial charge in [0.25, 0.3) is 5.69 Å². The van der Waals surface area contributed by atoms with Gasteiger partial charge in [0.15, 0.2) is 0 Å². The highest BCUT2D eigenvalue weighted by atomic mass is 16.6. The van der Waals surface area contributed by atoms with E-state index in [9.17, 15) is 19.7 Å². The molecule has 1 aliphatic rings. The van der Waals surface area contributed by atoms with E-state index in [1.807, 2.05) is 19.1 Å². The van der Waals surface area contributed by atoms with Crippen molar-refractivity contribution < 1.29 is 19.2 Å². The number of anilines is 2. The molecule has 1 aliphatic heterocycles. The van der Waals surface area contributed by atoms with E-state index in [4.69, 9.17) is 4.74 Å². The highest BCUT2D eigenvalue weighted by Crippen LogP contribution is 2.33. The fraction of sp³-hybridized carbons (Fsp3) is 0.263. The average molecular weight is 369 g/mol. The Labute approximate surface area is 155 Å². The van der Waals surface area contributed by atoms with Crippen LogP contribution in [-0.2, 0) is 9.59 Å². The van der Waals surface area contributed by atoms with Crippen LogP contribution in [0.5, 0.6) is 5.75 Å². The third kappa shape index (κ3) is 4.05. The minimum atomic E-state index is -0.550. The highest BCUT2D eigenvalue weighted by Gasteiger charge is 2.36. The van der Waals surface area contributed by atoms with E-state index in [1.54, 1.807) is 23.1 Å². The van der Waals surface area contributed by atoms with Gasteiger partial charge in [-0.15, -0.1) is 0 Å². The van der Waals surface area contributed by atoms with Crippen molar-refractivity contribution in [2.45, 2.75) is 13.3 Å². The Kier molecular flexibility index (Phi) is 5.35. The molecule has 1 saturated heterocycles. The van der Waals surface area contributed by atoms with Crippen molar-refractivity contribution in [2.24, 2.45) is 5.92 Å². The maximum Gasteiger partial charge on any atom is 0.271 e. The second-order valence-corrected chi connectivity index (χ2v) is 6.10. The predicted octanol–water partition coefficient (Wildman–Crippen LogP) is 2.99. The van der Waals surface area contributed by atoms with E-state index in [2.05, 4.69) is 5.32 Å². The number of non-ortho nitro benzene ring substituents is 1. The lowest BCUT2D eigenvalue weighted by atomic mass is 10.1. The summed E-state index contributed by atoms with van der Waals surface area (Å²) in [4.78, 5) is 36.9. The second kappa shape index (κ2) is 7.86. The first-order valence-electron chi connectivity index (χ1n) is 8.57. The Morgan fingerprint density at radius 2 is 2.07 bits per heavy atom. The Balaban J connectivity index is 1.73. The van der Waals surface area contributed by atoms with Crippen LogP contribution >= 0.6 is 0 Å². The van der Waals surface area contributed by atoms with Gasteiger partial charge in [-0.3, -0.25) is 19.7 Å². The van der Waals surface area contributed by atoms with Crippen molar-refractivity contribution in [2.75, 3.05) is 23.4 Å². The lowest BCUT2D eigenvalue weighted by Crippen LogP contribution is -2.28. The number of hydrogen-bond donors (Lipinski definition) is 1. The standard InChI is InChI=1S/C19H19N3O5/c1-2-27-17-9-4-3-8-16(17)21-12-13(10-18(21)23)19(24)20-14-6-5-7-15(11-14)22(25)26/h3-9,11,13H,2,10,12H2,1H3,(H,20,24)/t13-/m0/s1. The van der Waals surface area contributed by atoms with Crippen LogP contribution in [0.15, 0.2) is 48.5 Å². The fourth-order valence-corrected chi connectivity index (χ4v) is 3.02. The Morgan fingerprint density at radius 1 is 1.30 bits per heavy atom. The van der Waals surface area contributed by atoms with Gasteiger partial charge in [0.1, 0.15) is 5.75 Å². The summed E-state index contributed by atoms with van der Waals surface area (Å²) in [6.07, 6.45) is 0.0707. The Morgan fingerprint density at radius 3 is 2.81 bits per heavy atom. The summed E-state index contributed by atoms with van der Waals surface area (Å²) in [7, 11) is 0. The largest absolute Gasteiger partial charge is 0.492 e. The van der Waals surface area contributed by atoms with Crippen molar-refractivity contribution >= 4 is 28.9 Å². The Hall–Kier alpha value is -3.42. The number of nitrogens with zero attached hydrogens (tertiary/aromatic N) is 2. The van der Waals surface area contributed by atoms with Gasteiger partial charge < -0.3 is 15.0 Å². The van der Waals surface area contributed by atoms with E-state index in [-0.39, 0.29) is 30.5 Å². The molecule has 0 radical (unpaired) electrons. The molecule has 0 aromatic heterocycles. The molecule has 0 spiro atoms. The quantitative estimate of drug-likeness (QED) is 0.623. The molecule has 3 rings (SSSR count). The predicted molar refractivity (Wildman–Crippen MR) is 99.8 cm³/mol. The number of rotatable bonds is 6. The van der Waals surface area contributed by atoms with Gasteiger partial charge in [-0.25, -0.2) is 0 Å².